The summed E-state index contributed by atoms with van der Waals surface area (Å²) >= 11 is 0. The number of rotatable bonds is 51. The van der Waals surface area contributed by atoms with Crippen LogP contribution in [0.5, 0.6) is 0 Å². The van der Waals surface area contributed by atoms with Gasteiger partial charge in [0.15, 0.2) is 0 Å². The Morgan fingerprint density at radius 3 is 1.13 bits per heavy atom. The van der Waals surface area contributed by atoms with E-state index in [1.165, 1.54) is 148 Å². The zero-order valence-electron chi connectivity index (χ0n) is 44.3. The Kier molecular flexibility index (Phi) is 52.1. The van der Waals surface area contributed by atoms with Gasteiger partial charge in [0.2, 0.25) is 5.91 Å². The van der Waals surface area contributed by atoms with Crippen molar-refractivity contribution in [1.82, 2.24) is 5.32 Å². The number of allylic oxidation sites excluding steroid dienone is 12. The largest absolute Gasteiger partial charge is 0.462 e. The maximum atomic E-state index is 13.3. The molecule has 67 heavy (non-hydrogen) atoms. The number of aliphatic hydroxyl groups is 2. The molecule has 1 amide bonds. The number of hydrogen-bond acceptors (Lipinski definition) is 5. The molecule has 3 atom stereocenters. The fourth-order valence-electron chi connectivity index (χ4n) is 8.52. The van der Waals surface area contributed by atoms with Crippen LogP contribution in [-0.4, -0.2) is 46.9 Å². The minimum Gasteiger partial charge on any atom is -0.462 e. The summed E-state index contributed by atoms with van der Waals surface area (Å²) in [5.41, 5.74) is 0. The third-order valence-electron chi connectivity index (χ3n) is 12.8. The Morgan fingerprint density at radius 2 is 0.776 bits per heavy atom. The number of aliphatic hydroxyl groups excluding tert-OH is 2. The van der Waals surface area contributed by atoms with Crippen LogP contribution in [-0.2, 0) is 14.3 Å². The van der Waals surface area contributed by atoms with Gasteiger partial charge in [-0.25, -0.2) is 0 Å². The molecule has 0 bridgehead atoms. The molecular formula is C61H109NO5. The van der Waals surface area contributed by atoms with Crippen molar-refractivity contribution in [2.24, 2.45) is 0 Å². The summed E-state index contributed by atoms with van der Waals surface area (Å²) < 4.78 is 5.92. The quantitative estimate of drug-likeness (QED) is 0.0321. The number of ether oxygens (including phenoxy) is 1. The van der Waals surface area contributed by atoms with E-state index in [9.17, 15) is 19.8 Å². The highest BCUT2D eigenvalue weighted by Gasteiger charge is 2.24. The highest BCUT2D eigenvalue weighted by atomic mass is 16.5. The van der Waals surface area contributed by atoms with E-state index in [-0.39, 0.29) is 31.3 Å². The minimum absolute atomic E-state index is 0.0479. The second-order valence-corrected chi connectivity index (χ2v) is 19.3. The van der Waals surface area contributed by atoms with E-state index in [2.05, 4.69) is 92.9 Å². The first-order chi connectivity index (χ1) is 33.0. The molecule has 388 valence electrons. The molecule has 0 saturated carbocycles. The number of nitrogens with one attached hydrogen (secondary N) is 1. The Hall–Kier alpha value is -2.70. The fraction of sp³-hybridized carbons (Fsp3) is 0.770. The van der Waals surface area contributed by atoms with Crippen molar-refractivity contribution in [2.75, 3.05) is 6.61 Å². The van der Waals surface area contributed by atoms with Crippen LogP contribution in [0.1, 0.15) is 278 Å². The number of carbonyl (C=O) groups is 2. The molecule has 0 heterocycles. The summed E-state index contributed by atoms with van der Waals surface area (Å²) in [6.07, 6.45) is 69.7. The second-order valence-electron chi connectivity index (χ2n) is 19.3. The molecule has 0 aromatic heterocycles. The molecule has 0 aromatic carbocycles. The van der Waals surface area contributed by atoms with Crippen molar-refractivity contribution in [3.05, 3.63) is 72.9 Å². The zero-order chi connectivity index (χ0) is 48.8. The summed E-state index contributed by atoms with van der Waals surface area (Å²) in [6, 6.07) is -0.718. The molecule has 0 aliphatic heterocycles. The van der Waals surface area contributed by atoms with E-state index in [1.807, 2.05) is 6.08 Å². The fourth-order valence-corrected chi connectivity index (χ4v) is 8.52. The van der Waals surface area contributed by atoms with Crippen LogP contribution in [0, 0.1) is 0 Å². The molecule has 3 N–H and O–H groups in total. The first-order valence-corrected chi connectivity index (χ1v) is 28.7. The molecule has 6 nitrogen and oxygen atoms in total. The highest BCUT2D eigenvalue weighted by molar-refractivity contribution is 5.77. The summed E-state index contributed by atoms with van der Waals surface area (Å²) in [5, 5.41) is 23.9. The van der Waals surface area contributed by atoms with Crippen molar-refractivity contribution >= 4 is 11.9 Å². The topological polar surface area (TPSA) is 95.9 Å². The number of carbonyl (C=O) groups excluding carboxylic acids is 2. The van der Waals surface area contributed by atoms with Gasteiger partial charge in [-0.15, -0.1) is 0 Å². The minimum atomic E-state index is -0.802. The van der Waals surface area contributed by atoms with Crippen LogP contribution in [0.15, 0.2) is 72.9 Å². The third-order valence-corrected chi connectivity index (χ3v) is 12.8. The number of hydrogen-bond donors (Lipinski definition) is 3. The van der Waals surface area contributed by atoms with Gasteiger partial charge in [-0.1, -0.05) is 273 Å². The van der Waals surface area contributed by atoms with Crippen molar-refractivity contribution < 1.29 is 24.5 Å². The monoisotopic (exact) mass is 936 g/mol. The van der Waals surface area contributed by atoms with E-state index < -0.39 is 18.2 Å². The van der Waals surface area contributed by atoms with Crippen molar-refractivity contribution in [1.29, 1.82) is 0 Å². The molecule has 0 radical (unpaired) electrons. The van der Waals surface area contributed by atoms with Crippen molar-refractivity contribution in [2.45, 2.75) is 296 Å². The summed E-state index contributed by atoms with van der Waals surface area (Å²) in [4.78, 5) is 26.2. The van der Waals surface area contributed by atoms with Crippen LogP contribution in [0.3, 0.4) is 0 Å². The Morgan fingerprint density at radius 1 is 0.448 bits per heavy atom. The van der Waals surface area contributed by atoms with Crippen LogP contribution in [0.4, 0.5) is 0 Å². The third kappa shape index (κ3) is 49.5. The maximum absolute atomic E-state index is 13.3. The smallest absolute Gasteiger partial charge is 0.306 e. The summed E-state index contributed by atoms with van der Waals surface area (Å²) in [6.45, 7) is 6.38. The predicted octanol–water partition coefficient (Wildman–Crippen LogP) is 17.7. The number of amides is 1. The molecule has 0 spiro atoms. The maximum Gasteiger partial charge on any atom is 0.306 e. The SMILES string of the molecule is CC/C=C\C/C=C\C/C=C\C/C=C\C/C=C\C/C=C\CCC(=O)OC(CCCCCCCCCCCCCCCCC)CC(=O)NC(CO)C(O)CCCCCCCCCCCCCCCC. The summed E-state index contributed by atoms with van der Waals surface area (Å²) in [7, 11) is 0. The normalized spacial score (nSPS) is 13.7. The molecule has 0 fully saturated rings. The van der Waals surface area contributed by atoms with Gasteiger partial charge in [-0.05, 0) is 64.2 Å². The Bertz CT molecular complexity index is 1230. The highest BCUT2D eigenvalue weighted by Crippen LogP contribution is 2.18. The first-order valence-electron chi connectivity index (χ1n) is 28.7. The molecule has 0 aliphatic carbocycles. The van der Waals surface area contributed by atoms with Gasteiger partial charge in [0.1, 0.15) is 6.10 Å². The van der Waals surface area contributed by atoms with Gasteiger partial charge < -0.3 is 20.3 Å². The Balaban J connectivity index is 4.66. The average Bonchev–Trinajstić information content (AvgIpc) is 3.32. The predicted molar refractivity (Wildman–Crippen MR) is 291 cm³/mol. The number of esters is 1. The molecule has 0 aliphatic rings. The van der Waals surface area contributed by atoms with Gasteiger partial charge in [0.05, 0.1) is 25.2 Å². The van der Waals surface area contributed by atoms with Gasteiger partial charge >= 0.3 is 5.97 Å². The zero-order valence-corrected chi connectivity index (χ0v) is 44.3. The number of unbranched alkanes of at least 4 members (excludes halogenated alkanes) is 27. The molecule has 0 saturated heterocycles. The van der Waals surface area contributed by atoms with Crippen molar-refractivity contribution in [3.8, 4) is 0 Å². The van der Waals surface area contributed by atoms with E-state index in [0.29, 0.717) is 19.3 Å². The lowest BCUT2D eigenvalue weighted by molar-refractivity contribution is -0.150. The van der Waals surface area contributed by atoms with E-state index >= 15 is 0 Å². The first kappa shape index (κ1) is 64.3. The lowest BCUT2D eigenvalue weighted by Crippen LogP contribution is -2.46. The van der Waals surface area contributed by atoms with Crippen LogP contribution < -0.4 is 5.32 Å². The van der Waals surface area contributed by atoms with E-state index in [1.54, 1.807) is 0 Å². The Labute approximate surface area is 415 Å². The van der Waals surface area contributed by atoms with Gasteiger partial charge in [-0.2, -0.15) is 0 Å². The van der Waals surface area contributed by atoms with Gasteiger partial charge in [0.25, 0.3) is 0 Å². The van der Waals surface area contributed by atoms with Crippen LogP contribution >= 0.6 is 0 Å². The molecule has 3 unspecified atom stereocenters. The standard InChI is InChI=1S/C61H109NO5/c1-4-7-10-13-16-19-22-25-28-29-30-31-33-36-39-42-45-48-51-54-61(66)67-57(52-49-46-43-40-37-34-32-26-23-20-17-14-11-8-5-2)55-60(65)62-58(56-63)59(64)53-50-47-44-41-38-35-27-24-21-18-15-12-9-6-3/h7,10,16,19,25,28,30-31,36,39,45,48,57-59,63-64H,4-6,8-9,11-15,17-18,20-24,26-27,29,32-35,37-38,40-44,46-47,49-56H2,1-3H3,(H,62,65)/b10-7-,19-16-,28-25-,31-30-,39-36-,48-45-. The molecular weight excluding hydrogens is 827 g/mol. The van der Waals surface area contributed by atoms with Gasteiger partial charge in [-0.3, -0.25) is 9.59 Å². The van der Waals surface area contributed by atoms with Crippen LogP contribution in [0.25, 0.3) is 0 Å². The molecule has 0 aromatic rings. The van der Waals surface area contributed by atoms with E-state index in [0.717, 1.165) is 77.0 Å². The second kappa shape index (κ2) is 54.2. The molecule has 6 heteroatoms. The lowest BCUT2D eigenvalue weighted by Gasteiger charge is -2.24. The van der Waals surface area contributed by atoms with Crippen LogP contribution in [0.2, 0.25) is 0 Å². The van der Waals surface area contributed by atoms with Crippen molar-refractivity contribution in [3.63, 3.8) is 0 Å². The van der Waals surface area contributed by atoms with Gasteiger partial charge in [0, 0.05) is 6.42 Å². The summed E-state index contributed by atoms with van der Waals surface area (Å²) in [5.74, 6) is -0.565. The van der Waals surface area contributed by atoms with E-state index in [4.69, 9.17) is 4.74 Å². The average molecular weight is 937 g/mol. The molecule has 0 rings (SSSR count). The lowest BCUT2D eigenvalue weighted by atomic mass is 10.0.